The molecule has 0 fully saturated rings. The van der Waals surface area contributed by atoms with Crippen LogP contribution in [0, 0.1) is 0 Å². The number of nitrogens with one attached hydrogen (secondary N) is 1. The standard InChI is InChI=1S/C22H21Cl2N3O4/c1-14(22(30)25-18-12-16(23)11-17(24)13-18)31-21(29)8-7-20(28)27-10-9-19(26-27)15-5-3-2-4-6-15/h2-6,11-14H,7-10H2,1H3,(H,25,30). The van der Waals surface area contributed by atoms with E-state index < -0.39 is 18.0 Å². The predicted octanol–water partition coefficient (Wildman–Crippen LogP) is 4.28. The van der Waals surface area contributed by atoms with Crippen LogP contribution in [0.1, 0.15) is 31.7 Å². The first kappa shape index (κ1) is 22.8. The van der Waals surface area contributed by atoms with Crippen LogP contribution >= 0.6 is 23.2 Å². The van der Waals surface area contributed by atoms with Gasteiger partial charge in [0.1, 0.15) is 0 Å². The van der Waals surface area contributed by atoms with Gasteiger partial charge in [-0.2, -0.15) is 5.10 Å². The maximum atomic E-state index is 12.4. The van der Waals surface area contributed by atoms with E-state index in [9.17, 15) is 14.4 Å². The van der Waals surface area contributed by atoms with Crippen LogP contribution < -0.4 is 5.32 Å². The van der Waals surface area contributed by atoms with Crippen molar-refractivity contribution in [3.8, 4) is 0 Å². The predicted molar refractivity (Wildman–Crippen MR) is 119 cm³/mol. The zero-order chi connectivity index (χ0) is 22.4. The lowest BCUT2D eigenvalue weighted by Gasteiger charge is -2.15. The molecule has 0 saturated heterocycles. The number of carbonyl (C=O) groups is 3. The summed E-state index contributed by atoms with van der Waals surface area (Å²) in [6, 6.07) is 14.2. The number of amides is 2. The molecule has 0 aliphatic carbocycles. The Morgan fingerprint density at radius 3 is 2.45 bits per heavy atom. The van der Waals surface area contributed by atoms with E-state index in [1.165, 1.54) is 30.1 Å². The monoisotopic (exact) mass is 461 g/mol. The zero-order valence-electron chi connectivity index (χ0n) is 16.8. The Balaban J connectivity index is 1.45. The van der Waals surface area contributed by atoms with Crippen LogP contribution in [0.25, 0.3) is 0 Å². The fourth-order valence-corrected chi connectivity index (χ4v) is 3.51. The van der Waals surface area contributed by atoms with Crippen molar-refractivity contribution in [3.63, 3.8) is 0 Å². The zero-order valence-corrected chi connectivity index (χ0v) is 18.3. The number of ether oxygens (including phenoxy) is 1. The maximum absolute atomic E-state index is 12.4. The lowest BCUT2D eigenvalue weighted by molar-refractivity contribution is -0.154. The Morgan fingerprint density at radius 1 is 1.10 bits per heavy atom. The van der Waals surface area contributed by atoms with E-state index in [0.717, 1.165) is 11.3 Å². The van der Waals surface area contributed by atoms with Gasteiger partial charge in [-0.05, 0) is 30.7 Å². The summed E-state index contributed by atoms with van der Waals surface area (Å²) < 4.78 is 5.12. The minimum absolute atomic E-state index is 0.0529. The number of benzene rings is 2. The molecular weight excluding hydrogens is 441 g/mol. The first-order chi connectivity index (χ1) is 14.8. The second-order valence-corrected chi connectivity index (χ2v) is 7.83. The largest absolute Gasteiger partial charge is 0.453 e. The van der Waals surface area contributed by atoms with Gasteiger partial charge >= 0.3 is 5.97 Å². The number of halogens is 2. The molecule has 0 spiro atoms. The molecule has 1 aliphatic heterocycles. The van der Waals surface area contributed by atoms with E-state index in [0.29, 0.717) is 28.7 Å². The molecule has 1 atom stereocenters. The van der Waals surface area contributed by atoms with E-state index in [1.54, 1.807) is 0 Å². The number of carbonyl (C=O) groups excluding carboxylic acids is 3. The number of rotatable bonds is 7. The molecule has 0 saturated carbocycles. The van der Waals surface area contributed by atoms with Gasteiger partial charge < -0.3 is 10.1 Å². The third-order valence-electron chi connectivity index (χ3n) is 4.55. The second kappa shape index (κ2) is 10.4. The van der Waals surface area contributed by atoms with Crippen LogP contribution in [0.4, 0.5) is 5.69 Å². The number of hydrogen-bond acceptors (Lipinski definition) is 5. The van der Waals surface area contributed by atoms with Crippen LogP contribution in [0.15, 0.2) is 53.6 Å². The topological polar surface area (TPSA) is 88.1 Å². The molecule has 162 valence electrons. The van der Waals surface area contributed by atoms with Gasteiger partial charge in [0, 0.05) is 28.6 Å². The molecule has 0 radical (unpaired) electrons. The fourth-order valence-electron chi connectivity index (χ4n) is 2.99. The van der Waals surface area contributed by atoms with Crippen molar-refractivity contribution in [2.45, 2.75) is 32.3 Å². The number of nitrogens with zero attached hydrogens (tertiary/aromatic N) is 2. The summed E-state index contributed by atoms with van der Waals surface area (Å²) in [7, 11) is 0. The van der Waals surface area contributed by atoms with Gasteiger partial charge in [-0.15, -0.1) is 0 Å². The maximum Gasteiger partial charge on any atom is 0.307 e. The molecule has 0 bridgehead atoms. The van der Waals surface area contributed by atoms with Crippen molar-refractivity contribution in [1.29, 1.82) is 0 Å². The summed E-state index contributed by atoms with van der Waals surface area (Å²) in [6.45, 7) is 1.91. The lowest BCUT2D eigenvalue weighted by atomic mass is 10.1. The molecular formula is C22H21Cl2N3O4. The molecule has 2 aromatic carbocycles. The van der Waals surface area contributed by atoms with Crippen molar-refractivity contribution >= 4 is 52.4 Å². The van der Waals surface area contributed by atoms with Gasteiger partial charge in [0.25, 0.3) is 5.91 Å². The molecule has 2 amide bonds. The fraction of sp³-hybridized carbons (Fsp3) is 0.273. The molecule has 1 N–H and O–H groups in total. The van der Waals surface area contributed by atoms with E-state index >= 15 is 0 Å². The van der Waals surface area contributed by atoms with Crippen LogP contribution in [0.5, 0.6) is 0 Å². The Hall–Kier alpha value is -2.90. The number of hydrazone groups is 1. The SMILES string of the molecule is CC(OC(=O)CCC(=O)N1CCC(c2ccccc2)=N1)C(=O)Nc1cc(Cl)cc(Cl)c1. The molecule has 1 aliphatic rings. The Labute approximate surface area is 190 Å². The van der Waals surface area contributed by atoms with Crippen LogP contribution in [-0.4, -0.2) is 41.2 Å². The van der Waals surface area contributed by atoms with Crippen molar-refractivity contribution in [2.24, 2.45) is 5.10 Å². The van der Waals surface area contributed by atoms with Gasteiger partial charge in [-0.3, -0.25) is 14.4 Å². The van der Waals surface area contributed by atoms with Gasteiger partial charge in [-0.1, -0.05) is 53.5 Å². The van der Waals surface area contributed by atoms with Crippen molar-refractivity contribution in [2.75, 3.05) is 11.9 Å². The lowest BCUT2D eigenvalue weighted by Crippen LogP contribution is -2.30. The van der Waals surface area contributed by atoms with Gasteiger partial charge in [0.2, 0.25) is 5.91 Å². The average Bonchev–Trinajstić information content (AvgIpc) is 3.22. The normalized spacial score (nSPS) is 14.0. The molecule has 31 heavy (non-hydrogen) atoms. The smallest absolute Gasteiger partial charge is 0.307 e. The number of hydrogen-bond donors (Lipinski definition) is 1. The first-order valence-electron chi connectivity index (χ1n) is 9.71. The number of esters is 1. The van der Waals surface area contributed by atoms with E-state index in [4.69, 9.17) is 27.9 Å². The Kier molecular flexibility index (Phi) is 7.65. The third kappa shape index (κ3) is 6.54. The van der Waals surface area contributed by atoms with Crippen LogP contribution in [-0.2, 0) is 19.1 Å². The highest BCUT2D eigenvalue weighted by molar-refractivity contribution is 6.35. The van der Waals surface area contributed by atoms with Gasteiger partial charge in [-0.25, -0.2) is 5.01 Å². The van der Waals surface area contributed by atoms with Gasteiger partial charge in [0.15, 0.2) is 6.10 Å². The molecule has 1 unspecified atom stereocenters. The van der Waals surface area contributed by atoms with E-state index in [2.05, 4.69) is 10.4 Å². The van der Waals surface area contributed by atoms with Crippen molar-refractivity contribution < 1.29 is 19.1 Å². The van der Waals surface area contributed by atoms with Gasteiger partial charge in [0.05, 0.1) is 18.7 Å². The van der Waals surface area contributed by atoms with E-state index in [1.807, 2.05) is 30.3 Å². The summed E-state index contributed by atoms with van der Waals surface area (Å²) >= 11 is 11.8. The number of anilines is 1. The highest BCUT2D eigenvalue weighted by Crippen LogP contribution is 2.22. The minimum atomic E-state index is -1.05. The highest BCUT2D eigenvalue weighted by atomic mass is 35.5. The molecule has 0 aromatic heterocycles. The molecule has 3 rings (SSSR count). The minimum Gasteiger partial charge on any atom is -0.453 e. The molecule has 7 nitrogen and oxygen atoms in total. The molecule has 1 heterocycles. The Bertz CT molecular complexity index is 991. The van der Waals surface area contributed by atoms with Crippen LogP contribution in [0.2, 0.25) is 10.0 Å². The highest BCUT2D eigenvalue weighted by Gasteiger charge is 2.23. The van der Waals surface area contributed by atoms with Crippen LogP contribution in [0.3, 0.4) is 0 Å². The Morgan fingerprint density at radius 2 is 1.77 bits per heavy atom. The summed E-state index contributed by atoms with van der Waals surface area (Å²) in [6.07, 6.45) is -0.588. The third-order valence-corrected chi connectivity index (χ3v) is 4.98. The van der Waals surface area contributed by atoms with Crippen molar-refractivity contribution in [3.05, 3.63) is 64.1 Å². The second-order valence-electron chi connectivity index (χ2n) is 6.96. The first-order valence-corrected chi connectivity index (χ1v) is 10.5. The van der Waals surface area contributed by atoms with Crippen molar-refractivity contribution in [1.82, 2.24) is 5.01 Å². The summed E-state index contributed by atoms with van der Waals surface area (Å²) in [5.41, 5.74) is 2.20. The summed E-state index contributed by atoms with van der Waals surface area (Å²) in [4.78, 5) is 36.7. The summed E-state index contributed by atoms with van der Waals surface area (Å²) in [5, 5.41) is 9.03. The van der Waals surface area contributed by atoms with E-state index in [-0.39, 0.29) is 18.7 Å². The molecule has 9 heteroatoms. The average molecular weight is 462 g/mol. The summed E-state index contributed by atoms with van der Waals surface area (Å²) in [5.74, 6) is -1.45. The quantitative estimate of drug-likeness (QED) is 0.623. The molecule has 2 aromatic rings.